The topological polar surface area (TPSA) is 30.5 Å². The lowest BCUT2D eigenvalue weighted by Crippen LogP contribution is -2.38. The van der Waals surface area contributed by atoms with Crippen LogP contribution in [0.3, 0.4) is 0 Å². The van der Waals surface area contributed by atoms with Crippen LogP contribution in [0.25, 0.3) is 0 Å². The summed E-state index contributed by atoms with van der Waals surface area (Å²) in [7, 11) is 4.11. The van der Waals surface area contributed by atoms with Crippen LogP contribution in [0.4, 0.5) is 20.8 Å². The molecular formula is C17H23FN4S. The van der Waals surface area contributed by atoms with Crippen molar-refractivity contribution in [1.82, 2.24) is 10.3 Å². The highest BCUT2D eigenvalue weighted by molar-refractivity contribution is 7.16. The van der Waals surface area contributed by atoms with Crippen LogP contribution in [0.1, 0.15) is 17.4 Å². The van der Waals surface area contributed by atoms with Crippen LogP contribution in [-0.4, -0.2) is 32.1 Å². The summed E-state index contributed by atoms with van der Waals surface area (Å²) < 4.78 is 13.6. The Hall–Kier alpha value is -1.63. The molecule has 0 aliphatic carbocycles. The van der Waals surface area contributed by atoms with Gasteiger partial charge in [0, 0.05) is 30.1 Å². The van der Waals surface area contributed by atoms with Gasteiger partial charge in [-0.15, -0.1) is 11.3 Å². The van der Waals surface area contributed by atoms with E-state index in [-0.39, 0.29) is 5.82 Å². The zero-order valence-electron chi connectivity index (χ0n) is 13.8. The van der Waals surface area contributed by atoms with Crippen molar-refractivity contribution in [2.24, 2.45) is 0 Å². The van der Waals surface area contributed by atoms with Gasteiger partial charge in [0.15, 0.2) is 0 Å². The maximum Gasteiger partial charge on any atom is 0.125 e. The number of thiophene rings is 1. The molecule has 4 nitrogen and oxygen atoms in total. The fraction of sp³-hybridized carbons (Fsp3) is 0.412. The molecule has 0 amide bonds. The van der Waals surface area contributed by atoms with Gasteiger partial charge in [-0.1, -0.05) is 6.92 Å². The molecule has 1 aliphatic rings. The quantitative estimate of drug-likeness (QED) is 0.875. The van der Waals surface area contributed by atoms with Crippen molar-refractivity contribution >= 4 is 27.7 Å². The Balaban J connectivity index is 1.97. The molecule has 0 atom stereocenters. The Labute approximate surface area is 140 Å². The highest BCUT2D eigenvalue weighted by Gasteiger charge is 2.23. The molecule has 2 N–H and O–H groups in total. The average Bonchev–Trinajstić information content (AvgIpc) is 2.87. The molecule has 0 spiro atoms. The first-order valence-electron chi connectivity index (χ1n) is 7.92. The first kappa shape index (κ1) is 16.2. The minimum Gasteiger partial charge on any atom is -0.379 e. The Morgan fingerprint density at radius 1 is 1.35 bits per heavy atom. The second-order valence-corrected chi connectivity index (χ2v) is 7.07. The van der Waals surface area contributed by atoms with Crippen molar-refractivity contribution in [3.05, 3.63) is 40.5 Å². The SMILES string of the molecule is CCc1cc2c(s1)N(NCCN(C)C)c1ccc(F)cc1NC2. The summed E-state index contributed by atoms with van der Waals surface area (Å²) in [6, 6.07) is 7.16. The molecule has 2 heterocycles. The van der Waals surface area contributed by atoms with E-state index in [9.17, 15) is 4.39 Å². The molecule has 0 radical (unpaired) electrons. The molecule has 3 rings (SSSR count). The summed E-state index contributed by atoms with van der Waals surface area (Å²) in [6.45, 7) is 4.64. The molecule has 0 saturated heterocycles. The van der Waals surface area contributed by atoms with Crippen molar-refractivity contribution in [2.45, 2.75) is 19.9 Å². The van der Waals surface area contributed by atoms with Crippen molar-refractivity contribution in [3.8, 4) is 0 Å². The number of rotatable bonds is 5. The minimum atomic E-state index is -0.219. The van der Waals surface area contributed by atoms with Crippen molar-refractivity contribution in [3.63, 3.8) is 0 Å². The largest absolute Gasteiger partial charge is 0.379 e. The Morgan fingerprint density at radius 2 is 2.17 bits per heavy atom. The number of fused-ring (bicyclic) bond motifs is 2. The smallest absolute Gasteiger partial charge is 0.125 e. The number of aryl methyl sites for hydroxylation is 1. The maximum atomic E-state index is 13.6. The summed E-state index contributed by atoms with van der Waals surface area (Å²) in [5, 5.41) is 6.66. The second-order valence-electron chi connectivity index (χ2n) is 5.96. The normalized spacial score (nSPS) is 13.5. The number of hydrogen-bond donors (Lipinski definition) is 2. The average molecular weight is 334 g/mol. The highest BCUT2D eigenvalue weighted by atomic mass is 32.1. The van der Waals surface area contributed by atoms with Crippen molar-refractivity contribution in [2.75, 3.05) is 37.5 Å². The first-order valence-corrected chi connectivity index (χ1v) is 8.73. The third-order valence-electron chi connectivity index (χ3n) is 3.89. The van der Waals surface area contributed by atoms with Gasteiger partial charge in [0.1, 0.15) is 10.8 Å². The lowest BCUT2D eigenvalue weighted by molar-refractivity contribution is 0.401. The van der Waals surface area contributed by atoms with Crippen LogP contribution in [0.2, 0.25) is 0 Å². The van der Waals surface area contributed by atoms with Gasteiger partial charge in [-0.3, -0.25) is 5.01 Å². The monoisotopic (exact) mass is 334 g/mol. The van der Waals surface area contributed by atoms with Gasteiger partial charge < -0.3 is 10.2 Å². The number of likely N-dealkylation sites (N-methyl/N-ethyl adjacent to an activating group) is 1. The van der Waals surface area contributed by atoms with E-state index in [0.717, 1.165) is 30.9 Å². The zero-order valence-corrected chi connectivity index (χ0v) is 14.6. The van der Waals surface area contributed by atoms with Gasteiger partial charge in [-0.25, -0.2) is 9.82 Å². The Morgan fingerprint density at radius 3 is 2.91 bits per heavy atom. The third kappa shape index (κ3) is 3.49. The molecule has 0 unspecified atom stereocenters. The van der Waals surface area contributed by atoms with Gasteiger partial charge in [0.2, 0.25) is 0 Å². The third-order valence-corrected chi connectivity index (χ3v) is 5.19. The van der Waals surface area contributed by atoms with E-state index in [1.807, 2.05) is 6.07 Å². The Kier molecular flexibility index (Phi) is 4.84. The van der Waals surface area contributed by atoms with Crippen LogP contribution in [0.15, 0.2) is 24.3 Å². The number of hydrazine groups is 1. The van der Waals surface area contributed by atoms with Crippen LogP contribution < -0.4 is 15.8 Å². The first-order chi connectivity index (χ1) is 11.1. The number of hydrogen-bond acceptors (Lipinski definition) is 5. The summed E-state index contributed by atoms with van der Waals surface area (Å²) in [5.41, 5.74) is 6.54. The van der Waals surface area contributed by atoms with Crippen LogP contribution >= 0.6 is 11.3 Å². The van der Waals surface area contributed by atoms with E-state index in [1.165, 1.54) is 21.5 Å². The van der Waals surface area contributed by atoms with Crippen LogP contribution in [-0.2, 0) is 13.0 Å². The maximum absolute atomic E-state index is 13.6. The van der Waals surface area contributed by atoms with Gasteiger partial charge in [0.05, 0.1) is 11.4 Å². The number of benzene rings is 1. The van der Waals surface area contributed by atoms with E-state index in [2.05, 4.69) is 47.7 Å². The molecule has 124 valence electrons. The summed E-state index contributed by atoms with van der Waals surface area (Å²) >= 11 is 1.80. The summed E-state index contributed by atoms with van der Waals surface area (Å²) in [4.78, 5) is 3.50. The van der Waals surface area contributed by atoms with Crippen LogP contribution in [0.5, 0.6) is 0 Å². The van der Waals surface area contributed by atoms with E-state index in [1.54, 1.807) is 17.4 Å². The number of anilines is 3. The molecule has 2 aromatic rings. The van der Waals surface area contributed by atoms with Gasteiger partial charge >= 0.3 is 0 Å². The molecule has 23 heavy (non-hydrogen) atoms. The van der Waals surface area contributed by atoms with Crippen molar-refractivity contribution < 1.29 is 4.39 Å². The molecule has 0 bridgehead atoms. The number of halogens is 1. The fourth-order valence-electron chi connectivity index (χ4n) is 2.65. The molecule has 0 saturated carbocycles. The molecular weight excluding hydrogens is 311 g/mol. The predicted octanol–water partition coefficient (Wildman–Crippen LogP) is 3.58. The number of nitrogens with one attached hydrogen (secondary N) is 2. The van der Waals surface area contributed by atoms with Gasteiger partial charge in [-0.2, -0.15) is 0 Å². The molecule has 6 heteroatoms. The van der Waals surface area contributed by atoms with E-state index in [4.69, 9.17) is 0 Å². The molecule has 1 aromatic carbocycles. The zero-order chi connectivity index (χ0) is 16.4. The van der Waals surface area contributed by atoms with E-state index < -0.39 is 0 Å². The van der Waals surface area contributed by atoms with E-state index in [0.29, 0.717) is 6.54 Å². The van der Waals surface area contributed by atoms with Crippen molar-refractivity contribution in [1.29, 1.82) is 0 Å². The summed E-state index contributed by atoms with van der Waals surface area (Å²) in [5.74, 6) is -0.219. The summed E-state index contributed by atoms with van der Waals surface area (Å²) in [6.07, 6.45) is 1.03. The van der Waals surface area contributed by atoms with Crippen LogP contribution in [0, 0.1) is 5.82 Å². The molecule has 1 aromatic heterocycles. The van der Waals surface area contributed by atoms with E-state index >= 15 is 0 Å². The minimum absolute atomic E-state index is 0.219. The molecule has 0 fully saturated rings. The fourth-order valence-corrected chi connectivity index (χ4v) is 3.76. The molecule has 1 aliphatic heterocycles. The second kappa shape index (κ2) is 6.86. The predicted molar refractivity (Wildman–Crippen MR) is 96.1 cm³/mol. The lowest BCUT2D eigenvalue weighted by atomic mass is 10.2. The lowest BCUT2D eigenvalue weighted by Gasteiger charge is -2.26. The Bertz CT molecular complexity index is 683. The number of nitrogens with zero attached hydrogens (tertiary/aromatic N) is 2. The highest BCUT2D eigenvalue weighted by Crippen LogP contribution is 2.41. The van der Waals surface area contributed by atoms with Gasteiger partial charge in [0.25, 0.3) is 0 Å². The standard InChI is InChI=1S/C17H23FN4S/c1-4-14-9-12-11-19-15-10-13(18)5-6-16(15)22(17(12)23-14)20-7-8-21(2)3/h5-6,9-10,19-20H,4,7-8,11H2,1-3H3. The van der Waals surface area contributed by atoms with Gasteiger partial charge in [-0.05, 0) is 44.8 Å².